The average molecular weight is 433 g/mol. The number of halogens is 6. The van der Waals surface area contributed by atoms with E-state index in [1.54, 1.807) is 0 Å². The quantitative estimate of drug-likeness (QED) is 0.534. The van der Waals surface area contributed by atoms with Gasteiger partial charge in [0.2, 0.25) is 0 Å². The van der Waals surface area contributed by atoms with Gasteiger partial charge in [-0.15, -0.1) is 6.42 Å². The Morgan fingerprint density at radius 3 is 2.33 bits per heavy atom. The van der Waals surface area contributed by atoms with Crippen LogP contribution in [0.3, 0.4) is 0 Å². The van der Waals surface area contributed by atoms with Crippen molar-refractivity contribution in [3.63, 3.8) is 0 Å². The maximum Gasteiger partial charge on any atom is 0.483 e. The number of rotatable bonds is 2. The molecule has 3 rings (SSSR count). The minimum Gasteiger partial charge on any atom is -0.423 e. The summed E-state index contributed by atoms with van der Waals surface area (Å²) >= 11 is 0. The first-order valence-corrected chi connectivity index (χ1v) is 7.86. The number of terminal acetylenes is 1. The Bertz CT molecular complexity index is 1220. The number of hydrogen-bond donors (Lipinski definition) is 0. The lowest BCUT2D eigenvalue weighted by Crippen LogP contribution is -2.51. The molecular weight excluding hydrogens is 424 g/mol. The summed E-state index contributed by atoms with van der Waals surface area (Å²) < 4.78 is 85.2. The number of ether oxygens (including phenoxy) is 1. The highest BCUT2D eigenvalue weighted by molar-refractivity contribution is 6.01. The molecule has 1 aliphatic heterocycles. The van der Waals surface area contributed by atoms with Gasteiger partial charge in [0.1, 0.15) is 5.69 Å². The molecule has 1 aromatic carbocycles. The molecule has 0 fully saturated rings. The van der Waals surface area contributed by atoms with Gasteiger partial charge in [0, 0.05) is 19.2 Å². The van der Waals surface area contributed by atoms with Crippen molar-refractivity contribution >= 4 is 11.6 Å². The summed E-state index contributed by atoms with van der Waals surface area (Å²) in [4.78, 5) is 36.7. The van der Waals surface area contributed by atoms with Gasteiger partial charge in [-0.2, -0.15) is 22.0 Å². The fourth-order valence-electron chi connectivity index (χ4n) is 2.81. The van der Waals surface area contributed by atoms with Crippen LogP contribution >= 0.6 is 0 Å². The molecule has 2 aromatic rings. The fourth-order valence-corrected chi connectivity index (χ4v) is 2.81. The van der Waals surface area contributed by atoms with Crippen LogP contribution in [0.15, 0.2) is 27.8 Å². The summed E-state index contributed by atoms with van der Waals surface area (Å²) in [6.07, 6.45) is -4.35. The van der Waals surface area contributed by atoms with Crippen molar-refractivity contribution in [2.75, 3.05) is 11.4 Å². The van der Waals surface area contributed by atoms with E-state index in [4.69, 9.17) is 6.42 Å². The highest BCUT2D eigenvalue weighted by atomic mass is 19.4. The molecule has 0 aliphatic carbocycles. The summed E-state index contributed by atoms with van der Waals surface area (Å²) in [5.74, 6) is -2.22. The van der Waals surface area contributed by atoms with Gasteiger partial charge in [-0.25, -0.2) is 13.8 Å². The van der Waals surface area contributed by atoms with E-state index >= 15 is 0 Å². The van der Waals surface area contributed by atoms with Crippen LogP contribution in [0.4, 0.5) is 32.0 Å². The van der Waals surface area contributed by atoms with E-state index in [9.17, 15) is 40.7 Å². The molecule has 0 saturated carbocycles. The zero-order chi connectivity index (χ0) is 22.6. The molecule has 2 heterocycles. The number of nitrogens with zero attached hydrogens (tertiary/aromatic N) is 3. The summed E-state index contributed by atoms with van der Waals surface area (Å²) in [6.45, 7) is -0.699. The van der Waals surface area contributed by atoms with Crippen molar-refractivity contribution in [2.24, 2.45) is 7.05 Å². The second kappa shape index (κ2) is 6.68. The number of carbonyl (C=O) groups excluding carboxylic acids is 1. The third-order valence-corrected chi connectivity index (χ3v) is 4.15. The average Bonchev–Trinajstić information content (AvgIpc) is 2.62. The first-order valence-electron chi connectivity index (χ1n) is 7.86. The lowest BCUT2D eigenvalue weighted by Gasteiger charge is -2.32. The Morgan fingerprint density at radius 2 is 1.77 bits per heavy atom. The van der Waals surface area contributed by atoms with Crippen LogP contribution in [0.25, 0.3) is 5.69 Å². The van der Waals surface area contributed by atoms with Gasteiger partial charge in [-0.05, 0) is 6.07 Å². The molecule has 13 heteroatoms. The van der Waals surface area contributed by atoms with E-state index in [1.807, 2.05) is 5.92 Å². The van der Waals surface area contributed by atoms with Gasteiger partial charge in [0.15, 0.2) is 11.6 Å². The highest BCUT2D eigenvalue weighted by Gasteiger charge is 2.50. The molecule has 0 bridgehead atoms. The number of hydrogen-bond acceptors (Lipinski definition) is 4. The van der Waals surface area contributed by atoms with Gasteiger partial charge in [-0.3, -0.25) is 19.1 Å². The van der Waals surface area contributed by atoms with Crippen LogP contribution in [0, 0.1) is 18.2 Å². The van der Waals surface area contributed by atoms with Crippen LogP contribution in [-0.4, -0.2) is 27.7 Å². The molecule has 158 valence electrons. The Kier molecular flexibility index (Phi) is 4.68. The number of benzene rings is 1. The van der Waals surface area contributed by atoms with E-state index in [0.717, 1.165) is 0 Å². The van der Waals surface area contributed by atoms with Gasteiger partial charge in [0.25, 0.3) is 5.56 Å². The van der Waals surface area contributed by atoms with Gasteiger partial charge in [0.05, 0.1) is 17.9 Å². The Morgan fingerprint density at radius 1 is 1.13 bits per heavy atom. The van der Waals surface area contributed by atoms with E-state index in [1.165, 1.54) is 0 Å². The third-order valence-electron chi connectivity index (χ3n) is 4.15. The first kappa shape index (κ1) is 21.0. The highest BCUT2D eigenvalue weighted by Crippen LogP contribution is 2.41. The molecule has 7 nitrogen and oxygen atoms in total. The number of alkyl halides is 5. The molecule has 0 radical (unpaired) electrons. The summed E-state index contributed by atoms with van der Waals surface area (Å²) in [5.41, 5.74) is -6.09. The second-order valence-corrected chi connectivity index (χ2v) is 6.03. The molecule has 0 unspecified atom stereocenters. The standard InChI is InChI=1S/C17H9F6N3O4/c1-3-4-25-10-6-9(8(18)5-11(10)30-17(22,23)14(25)28)26-13(27)7-12(16(19,20)21)24(2)15(26)29/h1,5-7H,4H2,2H3. The van der Waals surface area contributed by atoms with Crippen LogP contribution in [0.1, 0.15) is 5.69 Å². The van der Waals surface area contributed by atoms with Crippen LogP contribution in [-0.2, 0) is 18.0 Å². The van der Waals surface area contributed by atoms with E-state index in [-0.39, 0.29) is 15.2 Å². The molecule has 1 amide bonds. The monoisotopic (exact) mass is 433 g/mol. The number of fused-ring (bicyclic) bond motifs is 1. The fraction of sp³-hybridized carbons (Fsp3) is 0.235. The molecule has 0 spiro atoms. The maximum absolute atomic E-state index is 14.6. The smallest absolute Gasteiger partial charge is 0.423 e. The molecule has 0 saturated heterocycles. The van der Waals surface area contributed by atoms with Gasteiger partial charge in [-0.1, -0.05) is 5.92 Å². The van der Waals surface area contributed by atoms with Crippen LogP contribution in [0.2, 0.25) is 0 Å². The lowest BCUT2D eigenvalue weighted by atomic mass is 10.2. The summed E-state index contributed by atoms with van der Waals surface area (Å²) in [6, 6.07) is 1.05. The molecular formula is C17H9F6N3O4. The Hall–Kier alpha value is -3.69. The van der Waals surface area contributed by atoms with Crippen molar-refractivity contribution in [3.8, 4) is 23.8 Å². The molecule has 0 N–H and O–H groups in total. The molecule has 1 aliphatic rings. The normalized spacial score (nSPS) is 15.4. The molecule has 30 heavy (non-hydrogen) atoms. The molecule has 1 aromatic heterocycles. The van der Waals surface area contributed by atoms with Crippen LogP contribution < -0.4 is 20.9 Å². The predicted molar refractivity (Wildman–Crippen MR) is 89.0 cm³/mol. The SMILES string of the molecule is C#CCN1C(=O)C(F)(F)Oc2cc(F)c(-n3c(=O)cc(C(F)(F)F)n(C)c3=O)cc21. The van der Waals surface area contributed by atoms with Gasteiger partial charge < -0.3 is 4.74 Å². The lowest BCUT2D eigenvalue weighted by molar-refractivity contribution is -0.192. The number of amides is 1. The van der Waals surface area contributed by atoms with Crippen molar-refractivity contribution in [3.05, 3.63) is 50.5 Å². The third kappa shape index (κ3) is 3.19. The number of aromatic nitrogens is 2. The second-order valence-electron chi connectivity index (χ2n) is 6.03. The summed E-state index contributed by atoms with van der Waals surface area (Å²) in [7, 11) is 0.704. The van der Waals surface area contributed by atoms with Gasteiger partial charge >= 0.3 is 23.9 Å². The van der Waals surface area contributed by atoms with Crippen molar-refractivity contribution in [1.82, 2.24) is 9.13 Å². The Balaban J connectivity index is 2.30. The zero-order valence-electron chi connectivity index (χ0n) is 14.8. The first-order chi connectivity index (χ1) is 13.8. The topological polar surface area (TPSA) is 73.5 Å². The maximum atomic E-state index is 14.6. The van der Waals surface area contributed by atoms with Crippen molar-refractivity contribution < 1.29 is 35.9 Å². The summed E-state index contributed by atoms with van der Waals surface area (Å²) in [5, 5.41) is 0. The minimum atomic E-state index is -5.05. The number of carbonyl (C=O) groups is 1. The predicted octanol–water partition coefficient (Wildman–Crippen LogP) is 1.65. The Labute approximate surface area is 162 Å². The number of anilines is 1. The largest absolute Gasteiger partial charge is 0.483 e. The minimum absolute atomic E-state index is 0.0517. The van der Waals surface area contributed by atoms with Crippen molar-refractivity contribution in [1.29, 1.82) is 0 Å². The zero-order valence-corrected chi connectivity index (χ0v) is 14.8. The van der Waals surface area contributed by atoms with E-state index < -0.39 is 64.6 Å². The van der Waals surface area contributed by atoms with Crippen molar-refractivity contribution in [2.45, 2.75) is 12.3 Å². The van der Waals surface area contributed by atoms with E-state index in [2.05, 4.69) is 4.74 Å². The molecule has 0 atom stereocenters. The van der Waals surface area contributed by atoms with Crippen LogP contribution in [0.5, 0.6) is 5.75 Å². The van der Waals surface area contributed by atoms with E-state index in [0.29, 0.717) is 24.1 Å².